The molecule has 0 bridgehead atoms. The highest BCUT2D eigenvalue weighted by Crippen LogP contribution is 2.17. The third-order valence-corrected chi connectivity index (χ3v) is 1.63. The minimum Gasteiger partial charge on any atom is -0.453 e. The Hall–Kier alpha value is -1.40. The number of esters is 1. The van der Waals surface area contributed by atoms with E-state index in [0.717, 1.165) is 0 Å². The lowest BCUT2D eigenvalue weighted by Gasteiger charge is -2.23. The first kappa shape index (κ1) is 15.6. The number of rotatable bonds is 6. The second-order valence-corrected chi connectivity index (χ2v) is 4.15. The van der Waals surface area contributed by atoms with Gasteiger partial charge in [0.15, 0.2) is 0 Å². The summed E-state index contributed by atoms with van der Waals surface area (Å²) in [4.78, 5) is 31.1. The average Bonchev–Trinajstić information content (AvgIpc) is 2.20. The SMILES string of the molecule is C=CCOC(=O)C(=O)OOC(C)(C)CC(C)O. The van der Waals surface area contributed by atoms with Crippen LogP contribution in [0, 0.1) is 0 Å². The topological polar surface area (TPSA) is 82.1 Å². The van der Waals surface area contributed by atoms with Crippen LogP contribution in [0.4, 0.5) is 0 Å². The van der Waals surface area contributed by atoms with Gasteiger partial charge >= 0.3 is 11.9 Å². The number of aliphatic hydroxyl groups excluding tert-OH is 1. The van der Waals surface area contributed by atoms with Crippen molar-refractivity contribution in [3.63, 3.8) is 0 Å². The van der Waals surface area contributed by atoms with Crippen molar-refractivity contribution in [3.05, 3.63) is 12.7 Å². The Morgan fingerprint density at radius 2 is 2.00 bits per heavy atom. The van der Waals surface area contributed by atoms with Crippen LogP contribution in [0.15, 0.2) is 12.7 Å². The van der Waals surface area contributed by atoms with Crippen molar-refractivity contribution >= 4 is 11.9 Å². The van der Waals surface area contributed by atoms with Crippen LogP contribution in [0.1, 0.15) is 27.2 Å². The van der Waals surface area contributed by atoms with Gasteiger partial charge in [0, 0.05) is 6.42 Å². The summed E-state index contributed by atoms with van der Waals surface area (Å²) in [6, 6.07) is 0. The van der Waals surface area contributed by atoms with Gasteiger partial charge in [-0.25, -0.2) is 9.59 Å². The Morgan fingerprint density at radius 1 is 1.41 bits per heavy atom. The van der Waals surface area contributed by atoms with Crippen LogP contribution in [0.2, 0.25) is 0 Å². The maximum atomic E-state index is 11.1. The number of aliphatic hydroxyl groups is 1. The summed E-state index contributed by atoms with van der Waals surface area (Å²) in [6.07, 6.45) is 0.960. The smallest absolute Gasteiger partial charge is 0.449 e. The van der Waals surface area contributed by atoms with Crippen LogP contribution in [0.5, 0.6) is 0 Å². The molecule has 0 heterocycles. The van der Waals surface area contributed by atoms with Gasteiger partial charge in [-0.2, -0.15) is 4.89 Å². The molecular formula is C11H18O6. The first-order valence-corrected chi connectivity index (χ1v) is 5.14. The van der Waals surface area contributed by atoms with Crippen LogP contribution >= 0.6 is 0 Å². The number of carbonyl (C=O) groups is 2. The zero-order valence-corrected chi connectivity index (χ0v) is 10.3. The van der Waals surface area contributed by atoms with Crippen molar-refractivity contribution in [1.29, 1.82) is 0 Å². The molecule has 0 aromatic rings. The van der Waals surface area contributed by atoms with Gasteiger partial charge in [-0.05, 0) is 20.8 Å². The second-order valence-electron chi connectivity index (χ2n) is 4.15. The minimum absolute atomic E-state index is 0.0784. The first-order valence-electron chi connectivity index (χ1n) is 5.14. The van der Waals surface area contributed by atoms with Gasteiger partial charge in [-0.3, -0.25) is 4.89 Å². The molecule has 0 rings (SSSR count). The van der Waals surface area contributed by atoms with Crippen molar-refractivity contribution in [2.24, 2.45) is 0 Å². The van der Waals surface area contributed by atoms with Crippen LogP contribution in [0.3, 0.4) is 0 Å². The van der Waals surface area contributed by atoms with Gasteiger partial charge < -0.3 is 9.84 Å². The molecule has 0 aromatic heterocycles. The molecule has 17 heavy (non-hydrogen) atoms. The van der Waals surface area contributed by atoms with Gasteiger partial charge in [-0.15, -0.1) is 0 Å². The van der Waals surface area contributed by atoms with Gasteiger partial charge in [0.2, 0.25) is 0 Å². The number of carbonyl (C=O) groups excluding carboxylic acids is 2. The van der Waals surface area contributed by atoms with E-state index in [4.69, 9.17) is 9.99 Å². The van der Waals surface area contributed by atoms with E-state index in [0.29, 0.717) is 0 Å². The molecule has 0 radical (unpaired) electrons. The van der Waals surface area contributed by atoms with Crippen molar-refractivity contribution in [2.75, 3.05) is 6.61 Å². The van der Waals surface area contributed by atoms with E-state index in [-0.39, 0.29) is 13.0 Å². The molecule has 0 fully saturated rings. The summed E-state index contributed by atoms with van der Waals surface area (Å²) in [5, 5.41) is 9.16. The molecule has 98 valence electrons. The van der Waals surface area contributed by atoms with E-state index in [9.17, 15) is 9.59 Å². The normalized spacial score (nSPS) is 12.7. The predicted molar refractivity (Wildman–Crippen MR) is 58.7 cm³/mol. The first-order chi connectivity index (χ1) is 7.78. The zero-order valence-electron chi connectivity index (χ0n) is 10.3. The Kier molecular flexibility index (Phi) is 6.45. The minimum atomic E-state index is -1.24. The van der Waals surface area contributed by atoms with Crippen LogP contribution in [-0.2, 0) is 24.1 Å². The van der Waals surface area contributed by atoms with Crippen molar-refractivity contribution in [1.82, 2.24) is 0 Å². The summed E-state index contributed by atoms with van der Waals surface area (Å²) in [7, 11) is 0. The van der Waals surface area contributed by atoms with E-state index in [2.05, 4.69) is 16.2 Å². The third-order valence-electron chi connectivity index (χ3n) is 1.63. The lowest BCUT2D eigenvalue weighted by atomic mass is 10.0. The van der Waals surface area contributed by atoms with Crippen LogP contribution < -0.4 is 0 Å². The molecule has 0 aromatic carbocycles. The molecule has 1 unspecified atom stereocenters. The quantitative estimate of drug-likeness (QED) is 0.245. The lowest BCUT2D eigenvalue weighted by molar-refractivity contribution is -0.327. The Labute approximate surface area is 100 Å². The van der Waals surface area contributed by atoms with E-state index in [1.165, 1.54) is 6.08 Å². The van der Waals surface area contributed by atoms with Crippen molar-refractivity contribution < 1.29 is 29.2 Å². The molecule has 0 amide bonds. The Morgan fingerprint density at radius 3 is 2.47 bits per heavy atom. The molecule has 0 aliphatic heterocycles. The molecule has 0 saturated carbocycles. The monoisotopic (exact) mass is 246 g/mol. The zero-order chi connectivity index (χ0) is 13.5. The predicted octanol–water partition coefficient (Wildman–Crippen LogP) is 0.740. The molecule has 0 spiro atoms. The summed E-state index contributed by atoms with van der Waals surface area (Å²) in [5.41, 5.74) is -0.886. The summed E-state index contributed by atoms with van der Waals surface area (Å²) in [5.74, 6) is -2.40. The molecule has 1 N–H and O–H groups in total. The van der Waals surface area contributed by atoms with Crippen LogP contribution in [0.25, 0.3) is 0 Å². The highest BCUT2D eigenvalue weighted by atomic mass is 17.2. The molecule has 1 atom stereocenters. The largest absolute Gasteiger partial charge is 0.453 e. The fourth-order valence-corrected chi connectivity index (χ4v) is 1.12. The number of hydrogen-bond donors (Lipinski definition) is 1. The molecule has 0 aliphatic carbocycles. The fourth-order valence-electron chi connectivity index (χ4n) is 1.12. The summed E-state index contributed by atoms with van der Waals surface area (Å²) < 4.78 is 4.44. The number of ether oxygens (including phenoxy) is 1. The molecule has 0 saturated heterocycles. The molecule has 6 heteroatoms. The maximum Gasteiger partial charge on any atom is 0.449 e. The number of hydrogen-bond acceptors (Lipinski definition) is 6. The second kappa shape index (κ2) is 7.03. The van der Waals surface area contributed by atoms with Crippen molar-refractivity contribution in [3.8, 4) is 0 Å². The third kappa shape index (κ3) is 7.48. The molecular weight excluding hydrogens is 228 g/mol. The summed E-state index contributed by atoms with van der Waals surface area (Å²) in [6.45, 7) is 8.04. The van der Waals surface area contributed by atoms with E-state index >= 15 is 0 Å². The maximum absolute atomic E-state index is 11.1. The summed E-state index contributed by atoms with van der Waals surface area (Å²) >= 11 is 0. The molecule has 6 nitrogen and oxygen atoms in total. The van der Waals surface area contributed by atoms with Crippen molar-refractivity contribution in [2.45, 2.75) is 38.9 Å². The van der Waals surface area contributed by atoms with Gasteiger partial charge in [0.05, 0.1) is 6.10 Å². The Balaban J connectivity index is 4.05. The van der Waals surface area contributed by atoms with E-state index < -0.39 is 23.6 Å². The lowest BCUT2D eigenvalue weighted by Crippen LogP contribution is -2.32. The highest BCUT2D eigenvalue weighted by Gasteiger charge is 2.27. The average molecular weight is 246 g/mol. The fraction of sp³-hybridized carbons (Fsp3) is 0.636. The molecule has 0 aliphatic rings. The van der Waals surface area contributed by atoms with Gasteiger partial charge in [-0.1, -0.05) is 12.7 Å². The highest BCUT2D eigenvalue weighted by molar-refractivity contribution is 6.29. The van der Waals surface area contributed by atoms with E-state index in [1.54, 1.807) is 20.8 Å². The Bertz CT molecular complexity index is 282. The van der Waals surface area contributed by atoms with E-state index in [1.807, 2.05) is 0 Å². The van der Waals surface area contributed by atoms with Crippen LogP contribution in [-0.4, -0.2) is 35.4 Å². The standard InChI is InChI=1S/C11H18O6/c1-5-6-15-9(13)10(14)16-17-11(3,4)7-8(2)12/h5,8,12H,1,6-7H2,2-4H3. The van der Waals surface area contributed by atoms with Gasteiger partial charge in [0.1, 0.15) is 12.2 Å². The van der Waals surface area contributed by atoms with Gasteiger partial charge in [0.25, 0.3) is 0 Å².